The molecule has 0 radical (unpaired) electrons. The first-order valence-corrected chi connectivity index (χ1v) is 8.28. The molecule has 3 unspecified atom stereocenters. The monoisotopic (exact) mass is 293 g/mol. The highest BCUT2D eigenvalue weighted by Gasteiger charge is 2.36. The molecule has 3 rings (SSSR count). The minimum atomic E-state index is -0.0892. The van der Waals surface area contributed by atoms with Crippen molar-refractivity contribution in [3.63, 3.8) is 0 Å². The molecule has 1 aromatic rings. The Hall–Kier alpha value is -0.570. The van der Waals surface area contributed by atoms with Crippen LogP contribution in [0, 0.1) is 5.92 Å². The molecule has 3 atom stereocenters. The van der Waals surface area contributed by atoms with Gasteiger partial charge in [0, 0.05) is 23.5 Å². The number of likely N-dealkylation sites (tertiary alicyclic amines) is 1. The van der Waals surface area contributed by atoms with E-state index in [0.717, 1.165) is 24.5 Å². The van der Waals surface area contributed by atoms with E-state index in [2.05, 4.69) is 17.0 Å². The molecule has 1 aliphatic heterocycles. The van der Waals surface area contributed by atoms with E-state index >= 15 is 0 Å². The second-order valence-corrected chi connectivity index (χ2v) is 6.76. The lowest BCUT2D eigenvalue weighted by Crippen LogP contribution is -2.42. The molecule has 2 nitrogen and oxygen atoms in total. The Labute approximate surface area is 126 Å². The highest BCUT2D eigenvalue weighted by Crippen LogP contribution is 2.35. The standard InChI is InChI=1S/C17H24ClNO/c18-14-6-3-5-13(11-14)12-19-10-4-8-16(19)15-7-1-2-9-17(15)20/h3,5-6,11,15-17,20H,1-2,4,7-10,12H2. The molecule has 0 amide bonds. The molecule has 0 bridgehead atoms. The minimum Gasteiger partial charge on any atom is -0.393 e. The first-order valence-electron chi connectivity index (χ1n) is 7.90. The van der Waals surface area contributed by atoms with E-state index in [4.69, 9.17) is 11.6 Å². The largest absolute Gasteiger partial charge is 0.393 e. The zero-order chi connectivity index (χ0) is 13.9. The molecular formula is C17H24ClNO. The topological polar surface area (TPSA) is 23.5 Å². The van der Waals surface area contributed by atoms with Crippen LogP contribution in [0.25, 0.3) is 0 Å². The lowest BCUT2D eigenvalue weighted by atomic mass is 9.80. The summed E-state index contributed by atoms with van der Waals surface area (Å²) in [6.07, 6.45) is 7.07. The summed E-state index contributed by atoms with van der Waals surface area (Å²) in [5.74, 6) is 0.477. The van der Waals surface area contributed by atoms with Crippen LogP contribution in [0.4, 0.5) is 0 Å². The maximum Gasteiger partial charge on any atom is 0.0583 e. The summed E-state index contributed by atoms with van der Waals surface area (Å²) in [6, 6.07) is 8.73. The van der Waals surface area contributed by atoms with Gasteiger partial charge in [0.05, 0.1) is 6.10 Å². The van der Waals surface area contributed by atoms with Gasteiger partial charge in [-0.25, -0.2) is 0 Å². The highest BCUT2D eigenvalue weighted by atomic mass is 35.5. The van der Waals surface area contributed by atoms with Crippen molar-refractivity contribution in [2.75, 3.05) is 6.54 Å². The molecule has 2 aliphatic rings. The predicted octanol–water partition coefficient (Wildman–Crippen LogP) is 3.86. The average Bonchev–Trinajstić information content (AvgIpc) is 2.87. The van der Waals surface area contributed by atoms with E-state index in [1.54, 1.807) is 0 Å². The number of aliphatic hydroxyl groups is 1. The molecule has 0 spiro atoms. The molecule has 1 saturated carbocycles. The molecule has 1 aliphatic carbocycles. The van der Waals surface area contributed by atoms with E-state index in [1.165, 1.54) is 37.7 Å². The Kier molecular flexibility index (Phi) is 4.65. The van der Waals surface area contributed by atoms with E-state index in [-0.39, 0.29) is 6.10 Å². The Balaban J connectivity index is 1.69. The third kappa shape index (κ3) is 3.19. The lowest BCUT2D eigenvalue weighted by Gasteiger charge is -2.37. The summed E-state index contributed by atoms with van der Waals surface area (Å²) in [4.78, 5) is 2.56. The number of rotatable bonds is 3. The van der Waals surface area contributed by atoms with Gasteiger partial charge in [-0.2, -0.15) is 0 Å². The average molecular weight is 294 g/mol. The van der Waals surface area contributed by atoms with Crippen molar-refractivity contribution in [1.82, 2.24) is 4.90 Å². The smallest absolute Gasteiger partial charge is 0.0583 e. The van der Waals surface area contributed by atoms with Crippen molar-refractivity contribution in [2.45, 2.75) is 57.2 Å². The fraction of sp³-hybridized carbons (Fsp3) is 0.647. The van der Waals surface area contributed by atoms with Gasteiger partial charge in [-0.3, -0.25) is 4.90 Å². The first-order chi connectivity index (χ1) is 9.74. The van der Waals surface area contributed by atoms with Gasteiger partial charge in [-0.15, -0.1) is 0 Å². The van der Waals surface area contributed by atoms with Crippen LogP contribution in [0.1, 0.15) is 44.1 Å². The minimum absolute atomic E-state index is 0.0892. The fourth-order valence-electron chi connectivity index (χ4n) is 3.99. The summed E-state index contributed by atoms with van der Waals surface area (Å²) >= 11 is 6.08. The van der Waals surface area contributed by atoms with E-state index in [1.807, 2.05) is 12.1 Å². The van der Waals surface area contributed by atoms with Gasteiger partial charge in [0.15, 0.2) is 0 Å². The van der Waals surface area contributed by atoms with Gasteiger partial charge >= 0.3 is 0 Å². The normalized spacial score (nSPS) is 31.6. The van der Waals surface area contributed by atoms with E-state index in [0.29, 0.717) is 12.0 Å². The molecule has 0 aromatic heterocycles. The van der Waals surface area contributed by atoms with Crippen molar-refractivity contribution in [2.24, 2.45) is 5.92 Å². The summed E-state index contributed by atoms with van der Waals surface area (Å²) < 4.78 is 0. The second-order valence-electron chi connectivity index (χ2n) is 6.33. The van der Waals surface area contributed by atoms with Crippen LogP contribution < -0.4 is 0 Å². The molecule has 1 N–H and O–H groups in total. The molecule has 1 aromatic carbocycles. The number of hydrogen-bond acceptors (Lipinski definition) is 2. The predicted molar refractivity (Wildman–Crippen MR) is 82.8 cm³/mol. The number of halogens is 1. The van der Waals surface area contributed by atoms with Crippen molar-refractivity contribution in [1.29, 1.82) is 0 Å². The zero-order valence-corrected chi connectivity index (χ0v) is 12.7. The van der Waals surface area contributed by atoms with Crippen LogP contribution in [0.3, 0.4) is 0 Å². The SMILES string of the molecule is OC1CCCCC1C1CCCN1Cc1cccc(Cl)c1. The molecule has 1 saturated heterocycles. The van der Waals surface area contributed by atoms with Crippen molar-refractivity contribution in [3.8, 4) is 0 Å². The highest BCUT2D eigenvalue weighted by molar-refractivity contribution is 6.30. The second kappa shape index (κ2) is 6.46. The Morgan fingerprint density at radius 1 is 1.15 bits per heavy atom. The number of hydrogen-bond donors (Lipinski definition) is 1. The van der Waals surface area contributed by atoms with Crippen LogP contribution >= 0.6 is 11.6 Å². The Morgan fingerprint density at radius 2 is 2.00 bits per heavy atom. The van der Waals surface area contributed by atoms with Crippen LogP contribution in [-0.2, 0) is 6.54 Å². The summed E-state index contributed by atoms with van der Waals surface area (Å²) in [6.45, 7) is 2.12. The summed E-state index contributed by atoms with van der Waals surface area (Å²) in [5.41, 5.74) is 1.29. The van der Waals surface area contributed by atoms with Gasteiger partial charge in [0.2, 0.25) is 0 Å². The van der Waals surface area contributed by atoms with Crippen LogP contribution in [-0.4, -0.2) is 28.7 Å². The first kappa shape index (κ1) is 14.4. The Bertz CT molecular complexity index is 450. The van der Waals surface area contributed by atoms with Gasteiger partial charge in [-0.05, 0) is 49.9 Å². The van der Waals surface area contributed by atoms with Gasteiger partial charge in [0.1, 0.15) is 0 Å². The van der Waals surface area contributed by atoms with Crippen molar-refractivity contribution >= 4 is 11.6 Å². The summed E-state index contributed by atoms with van der Waals surface area (Å²) in [5, 5.41) is 11.1. The Morgan fingerprint density at radius 3 is 2.80 bits per heavy atom. The van der Waals surface area contributed by atoms with Crippen LogP contribution in [0.5, 0.6) is 0 Å². The van der Waals surface area contributed by atoms with Crippen LogP contribution in [0.2, 0.25) is 5.02 Å². The van der Waals surface area contributed by atoms with Gasteiger partial charge < -0.3 is 5.11 Å². The molecule has 3 heteroatoms. The summed E-state index contributed by atoms with van der Waals surface area (Å²) in [7, 11) is 0. The molecule has 110 valence electrons. The van der Waals surface area contributed by atoms with E-state index < -0.39 is 0 Å². The van der Waals surface area contributed by atoms with Crippen LogP contribution in [0.15, 0.2) is 24.3 Å². The molecule has 2 fully saturated rings. The fourth-order valence-corrected chi connectivity index (χ4v) is 4.20. The lowest BCUT2D eigenvalue weighted by molar-refractivity contribution is 0.0201. The van der Waals surface area contributed by atoms with Crippen molar-refractivity contribution < 1.29 is 5.11 Å². The van der Waals surface area contributed by atoms with Gasteiger partial charge in [0.25, 0.3) is 0 Å². The number of benzene rings is 1. The molecule has 20 heavy (non-hydrogen) atoms. The van der Waals surface area contributed by atoms with Gasteiger partial charge in [-0.1, -0.05) is 36.6 Å². The maximum atomic E-state index is 10.3. The number of aliphatic hydroxyl groups excluding tert-OH is 1. The molecular weight excluding hydrogens is 270 g/mol. The third-order valence-electron chi connectivity index (χ3n) is 4.96. The zero-order valence-electron chi connectivity index (χ0n) is 12.0. The number of nitrogens with zero attached hydrogens (tertiary/aromatic N) is 1. The quantitative estimate of drug-likeness (QED) is 0.915. The van der Waals surface area contributed by atoms with Crippen molar-refractivity contribution in [3.05, 3.63) is 34.9 Å². The molecule has 1 heterocycles. The van der Waals surface area contributed by atoms with E-state index in [9.17, 15) is 5.11 Å². The maximum absolute atomic E-state index is 10.3. The third-order valence-corrected chi connectivity index (χ3v) is 5.20.